The summed E-state index contributed by atoms with van der Waals surface area (Å²) in [5, 5.41) is 3.23. The maximum atomic E-state index is 13.3. The average molecular weight is 402 g/mol. The Labute approximate surface area is 162 Å². The van der Waals surface area contributed by atoms with Gasteiger partial charge in [-0.1, -0.05) is 30.3 Å². The van der Waals surface area contributed by atoms with Crippen molar-refractivity contribution >= 4 is 26.9 Å². The van der Waals surface area contributed by atoms with Gasteiger partial charge in [-0.15, -0.1) is 0 Å². The SMILES string of the molecule is O=C(NCc1cccc(F)c1)[C@@H]1CCCN1S(=O)(=O)c1cc2ccccc2o1. The van der Waals surface area contributed by atoms with Gasteiger partial charge in [0.2, 0.25) is 11.0 Å². The first-order valence-corrected chi connectivity index (χ1v) is 10.4. The molecule has 0 aliphatic carbocycles. The molecule has 1 saturated heterocycles. The number of para-hydroxylation sites is 1. The van der Waals surface area contributed by atoms with E-state index in [9.17, 15) is 17.6 Å². The second-order valence-corrected chi connectivity index (χ2v) is 8.55. The predicted octanol–water partition coefficient (Wildman–Crippen LogP) is 3.04. The highest BCUT2D eigenvalue weighted by Gasteiger charge is 2.40. The molecule has 1 atom stereocenters. The molecule has 0 bridgehead atoms. The minimum atomic E-state index is -3.94. The molecule has 2 aromatic carbocycles. The third-order valence-electron chi connectivity index (χ3n) is 4.83. The largest absolute Gasteiger partial charge is 0.443 e. The van der Waals surface area contributed by atoms with E-state index < -0.39 is 22.0 Å². The summed E-state index contributed by atoms with van der Waals surface area (Å²) in [4.78, 5) is 12.6. The van der Waals surface area contributed by atoms with Gasteiger partial charge < -0.3 is 9.73 Å². The van der Waals surface area contributed by atoms with E-state index in [1.807, 2.05) is 0 Å². The Morgan fingerprint density at radius 2 is 2.00 bits per heavy atom. The number of amides is 1. The highest BCUT2D eigenvalue weighted by Crippen LogP contribution is 2.30. The van der Waals surface area contributed by atoms with Crippen molar-refractivity contribution in [2.75, 3.05) is 6.54 Å². The zero-order chi connectivity index (χ0) is 19.7. The molecule has 1 aliphatic heterocycles. The number of carbonyl (C=O) groups is 1. The van der Waals surface area contributed by atoms with E-state index in [0.717, 1.165) is 0 Å². The van der Waals surface area contributed by atoms with Gasteiger partial charge in [0.1, 0.15) is 17.4 Å². The van der Waals surface area contributed by atoms with Crippen LogP contribution in [0.4, 0.5) is 4.39 Å². The van der Waals surface area contributed by atoms with Gasteiger partial charge in [0.05, 0.1) is 0 Å². The average Bonchev–Trinajstić information content (AvgIpc) is 3.34. The molecule has 6 nitrogen and oxygen atoms in total. The second-order valence-electron chi connectivity index (χ2n) is 6.72. The zero-order valence-corrected chi connectivity index (χ0v) is 15.8. The maximum absolute atomic E-state index is 13.3. The van der Waals surface area contributed by atoms with E-state index in [0.29, 0.717) is 29.4 Å². The van der Waals surface area contributed by atoms with E-state index >= 15 is 0 Å². The van der Waals surface area contributed by atoms with Crippen molar-refractivity contribution in [3.05, 3.63) is 66.0 Å². The first-order chi connectivity index (χ1) is 13.4. The molecule has 3 aromatic rings. The molecule has 1 amide bonds. The predicted molar refractivity (Wildman–Crippen MR) is 101 cm³/mol. The Bertz CT molecular complexity index is 1090. The van der Waals surface area contributed by atoms with Crippen LogP contribution in [-0.4, -0.2) is 31.2 Å². The molecule has 4 rings (SSSR count). The Morgan fingerprint density at radius 1 is 1.18 bits per heavy atom. The van der Waals surface area contributed by atoms with Crippen molar-refractivity contribution < 1.29 is 22.0 Å². The van der Waals surface area contributed by atoms with Gasteiger partial charge in [-0.2, -0.15) is 4.31 Å². The molecule has 2 heterocycles. The summed E-state index contributed by atoms with van der Waals surface area (Å²) in [5.41, 5.74) is 1.09. The topological polar surface area (TPSA) is 79.6 Å². The molecule has 8 heteroatoms. The molecule has 1 N–H and O–H groups in total. The number of hydrogen-bond donors (Lipinski definition) is 1. The number of benzene rings is 2. The van der Waals surface area contributed by atoms with Crippen LogP contribution in [-0.2, 0) is 21.4 Å². The summed E-state index contributed by atoms with van der Waals surface area (Å²) in [6, 6.07) is 13.6. The number of halogens is 1. The fourth-order valence-corrected chi connectivity index (χ4v) is 5.05. The number of rotatable bonds is 5. The van der Waals surface area contributed by atoms with E-state index in [2.05, 4.69) is 5.32 Å². The summed E-state index contributed by atoms with van der Waals surface area (Å²) in [6.45, 7) is 0.378. The number of nitrogens with zero attached hydrogens (tertiary/aromatic N) is 1. The third kappa shape index (κ3) is 3.53. The van der Waals surface area contributed by atoms with Crippen LogP contribution in [0.3, 0.4) is 0 Å². The van der Waals surface area contributed by atoms with Crippen LogP contribution in [0.25, 0.3) is 11.0 Å². The van der Waals surface area contributed by atoms with E-state index in [-0.39, 0.29) is 24.0 Å². The van der Waals surface area contributed by atoms with Crippen LogP contribution < -0.4 is 5.32 Å². The summed E-state index contributed by atoms with van der Waals surface area (Å²) in [7, 11) is -3.94. The van der Waals surface area contributed by atoms with Crippen molar-refractivity contribution in [3.63, 3.8) is 0 Å². The summed E-state index contributed by atoms with van der Waals surface area (Å²) in [5.74, 6) is -0.789. The van der Waals surface area contributed by atoms with Crippen LogP contribution in [0.15, 0.2) is 64.1 Å². The highest BCUT2D eigenvalue weighted by atomic mass is 32.2. The summed E-state index contributed by atoms with van der Waals surface area (Å²) < 4.78 is 46.1. The highest BCUT2D eigenvalue weighted by molar-refractivity contribution is 7.89. The van der Waals surface area contributed by atoms with Crippen LogP contribution >= 0.6 is 0 Å². The van der Waals surface area contributed by atoms with Gasteiger partial charge in [-0.25, -0.2) is 12.8 Å². The van der Waals surface area contributed by atoms with Crippen LogP contribution in [0.2, 0.25) is 0 Å². The van der Waals surface area contributed by atoms with Gasteiger partial charge in [-0.05, 0) is 36.6 Å². The van der Waals surface area contributed by atoms with Gasteiger partial charge in [0.15, 0.2) is 0 Å². The number of sulfonamides is 1. The lowest BCUT2D eigenvalue weighted by Gasteiger charge is -2.22. The van der Waals surface area contributed by atoms with E-state index in [1.165, 1.54) is 22.5 Å². The standard InChI is InChI=1S/C20H19FN2O4S/c21-16-7-3-5-14(11-16)13-22-20(24)17-8-4-10-23(17)28(25,26)19-12-15-6-1-2-9-18(15)27-19/h1-3,5-7,9,11-12,17H,4,8,10,13H2,(H,22,24)/t17-/m0/s1. The molecule has 0 radical (unpaired) electrons. The smallest absolute Gasteiger partial charge is 0.277 e. The fraction of sp³-hybridized carbons (Fsp3) is 0.250. The minimum absolute atomic E-state index is 0.131. The van der Waals surface area contributed by atoms with E-state index in [1.54, 1.807) is 36.4 Å². The van der Waals surface area contributed by atoms with E-state index in [4.69, 9.17) is 4.42 Å². The molecule has 1 fully saturated rings. The van der Waals surface area contributed by atoms with Crippen LogP contribution in [0.1, 0.15) is 18.4 Å². The molecule has 0 saturated carbocycles. The Morgan fingerprint density at radius 3 is 2.79 bits per heavy atom. The molecule has 0 spiro atoms. The quantitative estimate of drug-likeness (QED) is 0.711. The molecular weight excluding hydrogens is 383 g/mol. The van der Waals surface area contributed by atoms with Gasteiger partial charge in [0.25, 0.3) is 10.0 Å². The number of nitrogens with one attached hydrogen (secondary N) is 1. The van der Waals surface area contributed by atoms with Crippen molar-refractivity contribution in [3.8, 4) is 0 Å². The molecule has 146 valence electrons. The van der Waals surface area contributed by atoms with Crippen molar-refractivity contribution in [2.45, 2.75) is 30.5 Å². The number of carbonyl (C=O) groups excluding carboxylic acids is 1. The van der Waals surface area contributed by atoms with Gasteiger partial charge >= 0.3 is 0 Å². The Kier molecular flexibility index (Phi) is 4.91. The van der Waals surface area contributed by atoms with Crippen LogP contribution in [0.5, 0.6) is 0 Å². The molecule has 1 aliphatic rings. The molecule has 0 unspecified atom stereocenters. The lowest BCUT2D eigenvalue weighted by molar-refractivity contribution is -0.124. The number of fused-ring (bicyclic) bond motifs is 1. The Balaban J connectivity index is 1.52. The number of furan rings is 1. The molecular formula is C20H19FN2O4S. The third-order valence-corrected chi connectivity index (χ3v) is 6.59. The first-order valence-electron chi connectivity index (χ1n) is 8.98. The first kappa shape index (κ1) is 18.6. The fourth-order valence-electron chi connectivity index (χ4n) is 3.44. The monoisotopic (exact) mass is 402 g/mol. The van der Waals surface area contributed by atoms with Gasteiger partial charge in [-0.3, -0.25) is 4.79 Å². The second kappa shape index (κ2) is 7.37. The van der Waals surface area contributed by atoms with Crippen molar-refractivity contribution in [1.82, 2.24) is 9.62 Å². The normalized spacial score (nSPS) is 17.8. The molecule has 28 heavy (non-hydrogen) atoms. The van der Waals surface area contributed by atoms with Crippen molar-refractivity contribution in [2.24, 2.45) is 0 Å². The number of hydrogen-bond acceptors (Lipinski definition) is 4. The lowest BCUT2D eigenvalue weighted by Crippen LogP contribution is -2.45. The summed E-state index contributed by atoms with van der Waals surface area (Å²) >= 11 is 0. The van der Waals surface area contributed by atoms with Crippen molar-refractivity contribution in [1.29, 1.82) is 0 Å². The lowest BCUT2D eigenvalue weighted by atomic mass is 10.2. The van der Waals surface area contributed by atoms with Gasteiger partial charge in [0, 0.05) is 24.5 Å². The molecule has 1 aromatic heterocycles. The zero-order valence-electron chi connectivity index (χ0n) is 15.0. The summed E-state index contributed by atoms with van der Waals surface area (Å²) in [6.07, 6.45) is 1.01. The maximum Gasteiger partial charge on any atom is 0.277 e. The minimum Gasteiger partial charge on any atom is -0.443 e. The van der Waals surface area contributed by atoms with Crippen LogP contribution in [0, 0.1) is 5.82 Å². The Hall–Kier alpha value is -2.71.